The fourth-order valence-electron chi connectivity index (χ4n) is 2.70. The molecule has 22 heavy (non-hydrogen) atoms. The van der Waals surface area contributed by atoms with Crippen molar-refractivity contribution in [1.29, 1.82) is 0 Å². The Morgan fingerprint density at radius 1 is 1.59 bits per heavy atom. The summed E-state index contributed by atoms with van der Waals surface area (Å²) >= 11 is 0. The summed E-state index contributed by atoms with van der Waals surface area (Å²) in [7, 11) is 1.80. The molecule has 1 aromatic rings. The normalized spacial score (nSPS) is 21.0. The monoisotopic (exact) mass is 309 g/mol. The van der Waals surface area contributed by atoms with Gasteiger partial charge in [0.05, 0.1) is 6.54 Å². The van der Waals surface area contributed by atoms with Crippen molar-refractivity contribution < 1.29 is 9.26 Å². The number of aliphatic imine (C=N–C) groups is 1. The number of ether oxygens (including phenoxy) is 1. The average Bonchev–Trinajstić information content (AvgIpc) is 2.97. The zero-order chi connectivity index (χ0) is 15.9. The van der Waals surface area contributed by atoms with E-state index in [1.807, 2.05) is 13.8 Å². The Morgan fingerprint density at radius 2 is 2.41 bits per heavy atom. The van der Waals surface area contributed by atoms with E-state index in [0.717, 1.165) is 19.0 Å². The van der Waals surface area contributed by atoms with E-state index >= 15 is 0 Å². The van der Waals surface area contributed by atoms with E-state index in [0.29, 0.717) is 30.8 Å². The van der Waals surface area contributed by atoms with E-state index in [1.54, 1.807) is 7.05 Å². The SMILES string of the molecule is CCOC(C)c1noc(CNC(=NC)N2CCCC(C)C2)n1. The lowest BCUT2D eigenvalue weighted by atomic mass is 10.0. The first kappa shape index (κ1) is 16.7. The first-order valence-corrected chi connectivity index (χ1v) is 8.03. The fourth-order valence-corrected chi connectivity index (χ4v) is 2.70. The molecule has 0 amide bonds. The molecule has 124 valence electrons. The molecule has 7 nitrogen and oxygen atoms in total. The highest BCUT2D eigenvalue weighted by Gasteiger charge is 2.20. The largest absolute Gasteiger partial charge is 0.371 e. The summed E-state index contributed by atoms with van der Waals surface area (Å²) in [4.78, 5) is 11.0. The molecule has 7 heteroatoms. The summed E-state index contributed by atoms with van der Waals surface area (Å²) in [5, 5.41) is 7.26. The van der Waals surface area contributed by atoms with Crippen molar-refractivity contribution in [3.63, 3.8) is 0 Å². The molecule has 2 rings (SSSR count). The Morgan fingerprint density at radius 3 is 3.09 bits per heavy atom. The molecule has 0 radical (unpaired) electrons. The van der Waals surface area contributed by atoms with Crippen LogP contribution < -0.4 is 5.32 Å². The molecule has 1 fully saturated rings. The zero-order valence-corrected chi connectivity index (χ0v) is 14.0. The maximum Gasteiger partial charge on any atom is 0.246 e. The highest BCUT2D eigenvalue weighted by molar-refractivity contribution is 5.79. The fraction of sp³-hybridized carbons (Fsp3) is 0.800. The summed E-state index contributed by atoms with van der Waals surface area (Å²) in [6.45, 7) is 9.32. The molecule has 1 aliphatic heterocycles. The van der Waals surface area contributed by atoms with E-state index in [1.165, 1.54) is 12.8 Å². The third-order valence-electron chi connectivity index (χ3n) is 3.83. The lowest BCUT2D eigenvalue weighted by Gasteiger charge is -2.33. The Kier molecular flexibility index (Phi) is 6.18. The molecule has 2 heterocycles. The maximum absolute atomic E-state index is 5.46. The third kappa shape index (κ3) is 4.43. The molecule has 1 aromatic heterocycles. The first-order valence-electron chi connectivity index (χ1n) is 8.03. The van der Waals surface area contributed by atoms with Crippen molar-refractivity contribution in [1.82, 2.24) is 20.4 Å². The second kappa shape index (κ2) is 8.12. The number of guanidine groups is 1. The van der Waals surface area contributed by atoms with E-state index in [-0.39, 0.29) is 6.10 Å². The predicted molar refractivity (Wildman–Crippen MR) is 84.5 cm³/mol. The van der Waals surface area contributed by atoms with Crippen molar-refractivity contribution in [2.45, 2.75) is 46.3 Å². The van der Waals surface area contributed by atoms with Crippen LogP contribution in [0.3, 0.4) is 0 Å². The number of rotatable bonds is 5. The van der Waals surface area contributed by atoms with Gasteiger partial charge in [-0.3, -0.25) is 4.99 Å². The van der Waals surface area contributed by atoms with Gasteiger partial charge in [-0.25, -0.2) is 0 Å². The van der Waals surface area contributed by atoms with Crippen LogP contribution in [0.25, 0.3) is 0 Å². The van der Waals surface area contributed by atoms with Crippen molar-refractivity contribution in [3.8, 4) is 0 Å². The van der Waals surface area contributed by atoms with E-state index in [2.05, 4.69) is 32.3 Å². The minimum absolute atomic E-state index is 0.148. The van der Waals surface area contributed by atoms with Crippen LogP contribution in [0.5, 0.6) is 0 Å². The summed E-state index contributed by atoms with van der Waals surface area (Å²) in [5.74, 6) is 2.73. The molecule has 0 spiro atoms. The standard InChI is InChI=1S/C15H27N5O2/c1-5-21-12(3)14-18-13(22-19-14)9-17-15(16-4)20-8-6-7-11(2)10-20/h11-12H,5-10H2,1-4H3,(H,16,17). The van der Waals surface area contributed by atoms with Crippen LogP contribution in [0.4, 0.5) is 0 Å². The van der Waals surface area contributed by atoms with Gasteiger partial charge in [0.2, 0.25) is 5.89 Å². The van der Waals surface area contributed by atoms with Crippen molar-refractivity contribution in [2.24, 2.45) is 10.9 Å². The van der Waals surface area contributed by atoms with Gasteiger partial charge >= 0.3 is 0 Å². The van der Waals surface area contributed by atoms with Crippen molar-refractivity contribution >= 4 is 5.96 Å². The summed E-state index contributed by atoms with van der Waals surface area (Å²) in [5.41, 5.74) is 0. The van der Waals surface area contributed by atoms with E-state index in [4.69, 9.17) is 9.26 Å². The first-order chi connectivity index (χ1) is 10.6. The second-order valence-electron chi connectivity index (χ2n) is 5.74. The highest BCUT2D eigenvalue weighted by atomic mass is 16.5. The van der Waals surface area contributed by atoms with Gasteiger partial charge in [-0.1, -0.05) is 12.1 Å². The summed E-state index contributed by atoms with van der Waals surface area (Å²) in [6, 6.07) is 0. The average molecular weight is 309 g/mol. The number of hydrogen-bond donors (Lipinski definition) is 1. The van der Waals surface area contributed by atoms with Gasteiger partial charge in [0.1, 0.15) is 6.10 Å². The number of nitrogens with one attached hydrogen (secondary N) is 1. The third-order valence-corrected chi connectivity index (χ3v) is 3.83. The molecule has 2 unspecified atom stereocenters. The Balaban J connectivity index is 1.88. The summed E-state index contributed by atoms with van der Waals surface area (Å²) in [6.07, 6.45) is 2.35. The number of aromatic nitrogens is 2. The highest BCUT2D eigenvalue weighted by Crippen LogP contribution is 2.16. The lowest BCUT2D eigenvalue weighted by Crippen LogP contribution is -2.45. The number of piperidine rings is 1. The Hall–Kier alpha value is -1.63. The molecule has 1 saturated heterocycles. The topological polar surface area (TPSA) is 75.8 Å². The number of likely N-dealkylation sites (tertiary alicyclic amines) is 1. The van der Waals surface area contributed by atoms with Gasteiger partial charge in [-0.05, 0) is 32.6 Å². The van der Waals surface area contributed by atoms with Gasteiger partial charge in [-0.15, -0.1) is 0 Å². The minimum Gasteiger partial charge on any atom is -0.371 e. The molecule has 0 aromatic carbocycles. The van der Waals surface area contributed by atoms with Gasteiger partial charge in [-0.2, -0.15) is 4.98 Å². The summed E-state index contributed by atoms with van der Waals surface area (Å²) < 4.78 is 10.7. The van der Waals surface area contributed by atoms with Crippen LogP contribution in [-0.2, 0) is 11.3 Å². The molecule has 0 bridgehead atoms. The Labute approximate surface area is 132 Å². The second-order valence-corrected chi connectivity index (χ2v) is 5.74. The number of nitrogens with zero attached hydrogens (tertiary/aromatic N) is 4. The molecule has 2 atom stereocenters. The molecule has 1 aliphatic rings. The van der Waals surface area contributed by atoms with Gasteiger partial charge < -0.3 is 19.5 Å². The van der Waals surface area contributed by atoms with Gasteiger partial charge in [0, 0.05) is 26.7 Å². The van der Waals surface area contributed by atoms with Crippen LogP contribution in [0.1, 0.15) is 51.4 Å². The zero-order valence-electron chi connectivity index (χ0n) is 14.0. The van der Waals surface area contributed by atoms with Gasteiger partial charge in [0.25, 0.3) is 0 Å². The molecule has 0 saturated carbocycles. The van der Waals surface area contributed by atoms with Crippen LogP contribution in [0.2, 0.25) is 0 Å². The Bertz CT molecular complexity index is 488. The quantitative estimate of drug-likeness (QED) is 0.662. The van der Waals surface area contributed by atoms with Crippen LogP contribution in [0.15, 0.2) is 9.52 Å². The van der Waals surface area contributed by atoms with Gasteiger partial charge in [0.15, 0.2) is 11.8 Å². The smallest absolute Gasteiger partial charge is 0.246 e. The molecular formula is C15H27N5O2. The number of hydrogen-bond acceptors (Lipinski definition) is 5. The van der Waals surface area contributed by atoms with Crippen LogP contribution >= 0.6 is 0 Å². The van der Waals surface area contributed by atoms with Crippen molar-refractivity contribution in [3.05, 3.63) is 11.7 Å². The van der Waals surface area contributed by atoms with E-state index in [9.17, 15) is 0 Å². The maximum atomic E-state index is 5.46. The predicted octanol–water partition coefficient (Wildman–Crippen LogP) is 1.97. The van der Waals surface area contributed by atoms with Crippen LogP contribution in [-0.4, -0.2) is 47.7 Å². The lowest BCUT2D eigenvalue weighted by molar-refractivity contribution is 0.0683. The van der Waals surface area contributed by atoms with Crippen molar-refractivity contribution in [2.75, 3.05) is 26.7 Å². The minimum atomic E-state index is -0.148. The molecule has 0 aliphatic carbocycles. The molecule has 1 N–H and O–H groups in total. The molecular weight excluding hydrogens is 282 g/mol. The van der Waals surface area contributed by atoms with E-state index < -0.39 is 0 Å². The van der Waals surface area contributed by atoms with Crippen LogP contribution in [0, 0.1) is 5.92 Å².